The van der Waals surface area contributed by atoms with Gasteiger partial charge in [0.15, 0.2) is 11.5 Å². The standard InChI is InChI=1S/C30H26Cl3N3O5S/c1-40-29-15-22(7-14-28(29)41-20-21-5-3-2-4-6-21)17-34-35-30(37)19-36(18-23-8-9-25(32)16-27(23)33)42(38,39)26-12-10-24(31)11-13-26/h2-17H,18-20H2,1H3,(H,35,37)/b34-17-. The maximum Gasteiger partial charge on any atom is 0.255 e. The van der Waals surface area contributed by atoms with Crippen molar-refractivity contribution in [1.82, 2.24) is 9.73 Å². The Morgan fingerprint density at radius 2 is 1.62 bits per heavy atom. The molecule has 0 fully saturated rings. The van der Waals surface area contributed by atoms with Crippen molar-refractivity contribution >= 4 is 56.9 Å². The lowest BCUT2D eigenvalue weighted by molar-refractivity contribution is -0.121. The number of amides is 1. The average Bonchev–Trinajstić information content (AvgIpc) is 2.98. The van der Waals surface area contributed by atoms with E-state index in [1.807, 2.05) is 30.3 Å². The summed E-state index contributed by atoms with van der Waals surface area (Å²) in [7, 11) is -2.59. The summed E-state index contributed by atoms with van der Waals surface area (Å²) in [5, 5.41) is 5.03. The van der Waals surface area contributed by atoms with Gasteiger partial charge in [-0.3, -0.25) is 4.79 Å². The van der Waals surface area contributed by atoms with Gasteiger partial charge in [-0.15, -0.1) is 0 Å². The quantitative estimate of drug-likeness (QED) is 0.139. The number of hydrogen-bond acceptors (Lipinski definition) is 6. The average molecular weight is 647 g/mol. The Kier molecular flexibility index (Phi) is 10.8. The highest BCUT2D eigenvalue weighted by molar-refractivity contribution is 7.89. The summed E-state index contributed by atoms with van der Waals surface area (Å²) < 4.78 is 39.3. The number of carbonyl (C=O) groups excluding carboxylic acids is 1. The van der Waals surface area contributed by atoms with Crippen LogP contribution in [0.3, 0.4) is 0 Å². The molecular formula is C30H26Cl3N3O5S. The predicted octanol–water partition coefficient (Wildman–Crippen LogP) is 6.58. The Morgan fingerprint density at radius 3 is 2.31 bits per heavy atom. The molecule has 0 heterocycles. The van der Waals surface area contributed by atoms with Gasteiger partial charge in [-0.25, -0.2) is 13.8 Å². The second kappa shape index (κ2) is 14.5. The van der Waals surface area contributed by atoms with E-state index < -0.39 is 22.5 Å². The van der Waals surface area contributed by atoms with E-state index >= 15 is 0 Å². The third-order valence-electron chi connectivity index (χ3n) is 5.96. The van der Waals surface area contributed by atoms with Crippen LogP contribution in [-0.2, 0) is 28.0 Å². The monoisotopic (exact) mass is 645 g/mol. The lowest BCUT2D eigenvalue weighted by Gasteiger charge is -2.22. The Balaban J connectivity index is 1.46. The van der Waals surface area contributed by atoms with Gasteiger partial charge in [0.25, 0.3) is 5.91 Å². The zero-order valence-electron chi connectivity index (χ0n) is 22.3. The minimum Gasteiger partial charge on any atom is -0.493 e. The number of carbonyl (C=O) groups is 1. The smallest absolute Gasteiger partial charge is 0.255 e. The molecule has 0 saturated heterocycles. The minimum absolute atomic E-state index is 0.0324. The van der Waals surface area contributed by atoms with Gasteiger partial charge in [0, 0.05) is 21.6 Å². The molecule has 12 heteroatoms. The van der Waals surface area contributed by atoms with E-state index in [9.17, 15) is 13.2 Å². The van der Waals surface area contributed by atoms with Crippen molar-refractivity contribution in [2.24, 2.45) is 5.10 Å². The van der Waals surface area contributed by atoms with Crippen LogP contribution in [0.25, 0.3) is 0 Å². The van der Waals surface area contributed by atoms with Crippen molar-refractivity contribution in [2.75, 3.05) is 13.7 Å². The van der Waals surface area contributed by atoms with Crippen LogP contribution in [0.15, 0.2) is 101 Å². The van der Waals surface area contributed by atoms with Gasteiger partial charge in [0.05, 0.1) is 24.8 Å². The third-order valence-corrected chi connectivity index (χ3v) is 8.61. The molecule has 0 radical (unpaired) electrons. The lowest BCUT2D eigenvalue weighted by atomic mass is 10.2. The molecule has 1 N–H and O–H groups in total. The zero-order valence-corrected chi connectivity index (χ0v) is 25.4. The van der Waals surface area contributed by atoms with E-state index in [2.05, 4.69) is 10.5 Å². The molecule has 218 valence electrons. The first kappa shape index (κ1) is 31.3. The van der Waals surface area contributed by atoms with Crippen LogP contribution in [0.1, 0.15) is 16.7 Å². The van der Waals surface area contributed by atoms with Crippen LogP contribution >= 0.6 is 34.8 Å². The molecule has 0 aliphatic heterocycles. The van der Waals surface area contributed by atoms with Gasteiger partial charge < -0.3 is 9.47 Å². The number of hydrazone groups is 1. The number of benzene rings is 4. The minimum atomic E-state index is -4.11. The van der Waals surface area contributed by atoms with Gasteiger partial charge >= 0.3 is 0 Å². The zero-order chi connectivity index (χ0) is 30.1. The molecule has 0 aromatic heterocycles. The van der Waals surface area contributed by atoms with Gasteiger partial charge in [-0.2, -0.15) is 9.41 Å². The summed E-state index contributed by atoms with van der Waals surface area (Å²) in [5.41, 5.74) is 4.48. The first-order valence-corrected chi connectivity index (χ1v) is 15.1. The number of nitrogens with one attached hydrogen (secondary N) is 1. The summed E-state index contributed by atoms with van der Waals surface area (Å²) in [6, 6.07) is 25.3. The summed E-state index contributed by atoms with van der Waals surface area (Å²) >= 11 is 18.2. The molecule has 4 aromatic carbocycles. The topological polar surface area (TPSA) is 97.3 Å². The van der Waals surface area contributed by atoms with Crippen LogP contribution in [0.5, 0.6) is 11.5 Å². The number of rotatable bonds is 12. The molecule has 0 bridgehead atoms. The first-order chi connectivity index (χ1) is 20.2. The largest absolute Gasteiger partial charge is 0.493 e. The summed E-state index contributed by atoms with van der Waals surface area (Å²) in [6.45, 7) is -0.339. The van der Waals surface area contributed by atoms with E-state index in [0.717, 1.165) is 9.87 Å². The highest BCUT2D eigenvalue weighted by atomic mass is 35.5. The molecule has 0 unspecified atom stereocenters. The van der Waals surface area contributed by atoms with Crippen molar-refractivity contribution < 1.29 is 22.7 Å². The van der Waals surface area contributed by atoms with Crippen molar-refractivity contribution in [3.8, 4) is 11.5 Å². The number of ether oxygens (including phenoxy) is 2. The Morgan fingerprint density at radius 1 is 0.905 bits per heavy atom. The second-order valence-electron chi connectivity index (χ2n) is 8.94. The maximum atomic E-state index is 13.5. The molecule has 0 aliphatic rings. The van der Waals surface area contributed by atoms with E-state index in [1.165, 1.54) is 43.7 Å². The Bertz CT molecular complexity index is 1670. The summed E-state index contributed by atoms with van der Waals surface area (Å²) in [4.78, 5) is 12.8. The Hall–Kier alpha value is -3.60. The van der Waals surface area contributed by atoms with Crippen molar-refractivity contribution in [2.45, 2.75) is 18.0 Å². The number of hydrogen-bond donors (Lipinski definition) is 1. The molecule has 0 atom stereocenters. The van der Waals surface area contributed by atoms with Crippen LogP contribution in [0.4, 0.5) is 0 Å². The Labute approximate surface area is 259 Å². The van der Waals surface area contributed by atoms with Crippen LogP contribution in [0, 0.1) is 0 Å². The molecule has 0 saturated carbocycles. The highest BCUT2D eigenvalue weighted by Crippen LogP contribution is 2.29. The molecule has 1 amide bonds. The van der Waals surface area contributed by atoms with Crippen LogP contribution < -0.4 is 14.9 Å². The van der Waals surface area contributed by atoms with Gasteiger partial charge in [0.2, 0.25) is 10.0 Å². The second-order valence-corrected chi connectivity index (χ2v) is 12.2. The normalized spacial score (nSPS) is 11.5. The molecule has 8 nitrogen and oxygen atoms in total. The van der Waals surface area contributed by atoms with E-state index in [1.54, 1.807) is 30.3 Å². The van der Waals surface area contributed by atoms with Crippen molar-refractivity contribution in [3.63, 3.8) is 0 Å². The van der Waals surface area contributed by atoms with Crippen LogP contribution in [-0.4, -0.2) is 38.5 Å². The van der Waals surface area contributed by atoms with E-state index in [-0.39, 0.29) is 16.5 Å². The number of halogens is 3. The molecule has 42 heavy (non-hydrogen) atoms. The third kappa shape index (κ3) is 8.47. The first-order valence-electron chi connectivity index (χ1n) is 12.5. The fourth-order valence-electron chi connectivity index (χ4n) is 3.81. The molecule has 4 aromatic rings. The van der Waals surface area contributed by atoms with Gasteiger partial charge in [-0.1, -0.05) is 71.2 Å². The molecular weight excluding hydrogens is 621 g/mol. The number of methoxy groups -OCH3 is 1. The molecule has 0 aliphatic carbocycles. The van der Waals surface area contributed by atoms with Crippen molar-refractivity contribution in [3.05, 3.63) is 123 Å². The van der Waals surface area contributed by atoms with E-state index in [0.29, 0.717) is 39.3 Å². The van der Waals surface area contributed by atoms with Gasteiger partial charge in [0.1, 0.15) is 6.61 Å². The van der Waals surface area contributed by atoms with Crippen LogP contribution in [0.2, 0.25) is 15.1 Å². The number of nitrogens with zero attached hydrogens (tertiary/aromatic N) is 2. The van der Waals surface area contributed by atoms with Gasteiger partial charge in [-0.05, 0) is 71.3 Å². The lowest BCUT2D eigenvalue weighted by Crippen LogP contribution is -2.39. The molecule has 4 rings (SSSR count). The summed E-state index contributed by atoms with van der Waals surface area (Å²) in [5.74, 6) is 0.372. The predicted molar refractivity (Wildman–Crippen MR) is 165 cm³/mol. The van der Waals surface area contributed by atoms with E-state index in [4.69, 9.17) is 44.3 Å². The maximum absolute atomic E-state index is 13.5. The summed E-state index contributed by atoms with van der Waals surface area (Å²) in [6.07, 6.45) is 1.41. The highest BCUT2D eigenvalue weighted by Gasteiger charge is 2.27. The SMILES string of the molecule is COc1cc(/C=N\NC(=O)CN(Cc2ccc(Cl)cc2Cl)S(=O)(=O)c2ccc(Cl)cc2)ccc1OCc1ccccc1. The number of sulfonamides is 1. The fourth-order valence-corrected chi connectivity index (χ4v) is 5.78. The van der Waals surface area contributed by atoms with Crippen molar-refractivity contribution in [1.29, 1.82) is 0 Å². The fraction of sp³-hybridized carbons (Fsp3) is 0.133. The molecule has 0 spiro atoms.